The van der Waals surface area contributed by atoms with E-state index in [0.717, 1.165) is 28.2 Å². The second-order valence-corrected chi connectivity index (χ2v) is 5.52. The minimum absolute atomic E-state index is 0.106. The van der Waals surface area contributed by atoms with Crippen LogP contribution in [0, 0.1) is 0 Å². The second kappa shape index (κ2) is 5.81. The van der Waals surface area contributed by atoms with Gasteiger partial charge in [0.1, 0.15) is 11.6 Å². The molecule has 1 N–H and O–H groups in total. The van der Waals surface area contributed by atoms with E-state index in [1.807, 2.05) is 67.1 Å². The Balaban J connectivity index is 1.93. The summed E-state index contributed by atoms with van der Waals surface area (Å²) < 4.78 is 7.20. The van der Waals surface area contributed by atoms with Crippen molar-refractivity contribution in [1.82, 2.24) is 9.55 Å². The molecule has 2 atom stereocenters. The number of benzene rings is 2. The van der Waals surface area contributed by atoms with E-state index in [-0.39, 0.29) is 5.92 Å². The number of fused-ring (bicyclic) bond motifs is 1. The summed E-state index contributed by atoms with van der Waals surface area (Å²) in [6.07, 6.45) is -0.610. The molecule has 0 fully saturated rings. The summed E-state index contributed by atoms with van der Waals surface area (Å²) in [6.45, 7) is 2.00. The average molecular weight is 296 g/mol. The third-order valence-electron chi connectivity index (χ3n) is 4.16. The summed E-state index contributed by atoms with van der Waals surface area (Å²) in [5.74, 6) is 1.56. The zero-order chi connectivity index (χ0) is 15.7. The van der Waals surface area contributed by atoms with E-state index in [1.165, 1.54) is 0 Å². The Morgan fingerprint density at radius 2 is 1.77 bits per heavy atom. The van der Waals surface area contributed by atoms with Gasteiger partial charge >= 0.3 is 0 Å². The number of aromatic nitrogens is 2. The van der Waals surface area contributed by atoms with Crippen molar-refractivity contribution < 1.29 is 9.84 Å². The monoisotopic (exact) mass is 296 g/mol. The van der Waals surface area contributed by atoms with Gasteiger partial charge in [-0.15, -0.1) is 0 Å². The van der Waals surface area contributed by atoms with Crippen molar-refractivity contribution in [1.29, 1.82) is 0 Å². The zero-order valence-corrected chi connectivity index (χ0v) is 13.0. The molecule has 0 amide bonds. The standard InChI is InChI=1S/C18H20N2O2/c1-12(17(21)13-8-10-14(22-3)11-9-13)18-19-15-6-4-5-7-16(15)20(18)2/h4-12,17,21H,1-3H3. The molecule has 22 heavy (non-hydrogen) atoms. The molecule has 2 aromatic carbocycles. The first-order chi connectivity index (χ1) is 10.6. The Bertz CT molecular complexity index is 777. The van der Waals surface area contributed by atoms with E-state index in [9.17, 15) is 5.11 Å². The van der Waals surface area contributed by atoms with E-state index >= 15 is 0 Å². The van der Waals surface area contributed by atoms with Gasteiger partial charge in [-0.2, -0.15) is 0 Å². The van der Waals surface area contributed by atoms with E-state index in [2.05, 4.69) is 4.98 Å². The molecule has 0 aliphatic carbocycles. The molecule has 1 aromatic heterocycles. The van der Waals surface area contributed by atoms with Crippen molar-refractivity contribution in [2.24, 2.45) is 7.05 Å². The number of hydrogen-bond donors (Lipinski definition) is 1. The first-order valence-electron chi connectivity index (χ1n) is 7.35. The highest BCUT2D eigenvalue weighted by Gasteiger charge is 2.23. The van der Waals surface area contributed by atoms with Crippen LogP contribution in [0.2, 0.25) is 0 Å². The number of nitrogens with zero attached hydrogens (tertiary/aromatic N) is 2. The Labute approximate surface area is 130 Å². The summed E-state index contributed by atoms with van der Waals surface area (Å²) in [5, 5.41) is 10.7. The fourth-order valence-electron chi connectivity index (χ4n) is 2.80. The van der Waals surface area contributed by atoms with Crippen LogP contribution in [0.4, 0.5) is 0 Å². The Morgan fingerprint density at radius 3 is 2.41 bits per heavy atom. The lowest BCUT2D eigenvalue weighted by Crippen LogP contribution is -2.12. The van der Waals surface area contributed by atoms with E-state index in [1.54, 1.807) is 7.11 Å². The van der Waals surface area contributed by atoms with Crippen LogP contribution in [0.3, 0.4) is 0 Å². The number of para-hydroxylation sites is 2. The summed E-state index contributed by atoms with van der Waals surface area (Å²) >= 11 is 0. The Morgan fingerprint density at radius 1 is 1.09 bits per heavy atom. The number of rotatable bonds is 4. The highest BCUT2D eigenvalue weighted by atomic mass is 16.5. The first-order valence-corrected chi connectivity index (χ1v) is 7.35. The van der Waals surface area contributed by atoms with Gasteiger partial charge in [0.2, 0.25) is 0 Å². The largest absolute Gasteiger partial charge is 0.497 e. The van der Waals surface area contributed by atoms with E-state index < -0.39 is 6.10 Å². The fraction of sp³-hybridized carbons (Fsp3) is 0.278. The smallest absolute Gasteiger partial charge is 0.118 e. The second-order valence-electron chi connectivity index (χ2n) is 5.52. The molecule has 114 valence electrons. The quantitative estimate of drug-likeness (QED) is 0.802. The summed E-state index contributed by atoms with van der Waals surface area (Å²) in [6, 6.07) is 15.5. The van der Waals surface area contributed by atoms with Crippen LogP contribution in [0.1, 0.15) is 30.3 Å². The Kier molecular flexibility index (Phi) is 3.86. The molecular formula is C18H20N2O2. The van der Waals surface area contributed by atoms with Crippen LogP contribution in [-0.4, -0.2) is 21.8 Å². The van der Waals surface area contributed by atoms with Gasteiger partial charge in [0.25, 0.3) is 0 Å². The summed E-state index contributed by atoms with van der Waals surface area (Å²) in [7, 11) is 3.62. The van der Waals surface area contributed by atoms with Crippen molar-refractivity contribution in [3.63, 3.8) is 0 Å². The number of imidazole rings is 1. The molecule has 2 unspecified atom stereocenters. The van der Waals surface area contributed by atoms with Crippen LogP contribution in [-0.2, 0) is 7.05 Å². The SMILES string of the molecule is COc1ccc(C(O)C(C)c2nc3ccccc3n2C)cc1. The molecule has 1 heterocycles. The highest BCUT2D eigenvalue weighted by Crippen LogP contribution is 2.32. The summed E-state index contributed by atoms with van der Waals surface area (Å²) in [4.78, 5) is 4.67. The van der Waals surface area contributed by atoms with Gasteiger partial charge in [-0.3, -0.25) is 0 Å². The molecule has 0 radical (unpaired) electrons. The predicted octanol–water partition coefficient (Wildman–Crippen LogP) is 3.42. The van der Waals surface area contributed by atoms with E-state index in [0.29, 0.717) is 0 Å². The van der Waals surface area contributed by atoms with Gasteiger partial charge in [-0.1, -0.05) is 31.2 Å². The van der Waals surface area contributed by atoms with Crippen molar-refractivity contribution >= 4 is 11.0 Å². The van der Waals surface area contributed by atoms with Crippen LogP contribution < -0.4 is 4.74 Å². The maximum Gasteiger partial charge on any atom is 0.118 e. The van der Waals surface area contributed by atoms with Crippen molar-refractivity contribution in [2.75, 3.05) is 7.11 Å². The highest BCUT2D eigenvalue weighted by molar-refractivity contribution is 5.75. The lowest BCUT2D eigenvalue weighted by Gasteiger charge is -2.19. The van der Waals surface area contributed by atoms with E-state index in [4.69, 9.17) is 4.74 Å². The molecular weight excluding hydrogens is 276 g/mol. The van der Waals surface area contributed by atoms with Crippen LogP contribution in [0.25, 0.3) is 11.0 Å². The first kappa shape index (κ1) is 14.6. The van der Waals surface area contributed by atoms with Gasteiger partial charge in [-0.05, 0) is 29.8 Å². The normalized spacial score (nSPS) is 14.0. The lowest BCUT2D eigenvalue weighted by molar-refractivity contribution is 0.147. The molecule has 0 aliphatic heterocycles. The molecule has 0 bridgehead atoms. The third kappa shape index (κ3) is 2.46. The molecule has 0 saturated heterocycles. The molecule has 3 rings (SSSR count). The minimum Gasteiger partial charge on any atom is -0.497 e. The number of aliphatic hydroxyl groups is 1. The predicted molar refractivity (Wildman–Crippen MR) is 87.1 cm³/mol. The maximum absolute atomic E-state index is 10.7. The Hall–Kier alpha value is -2.33. The topological polar surface area (TPSA) is 47.3 Å². The molecule has 0 spiro atoms. The number of methoxy groups -OCH3 is 1. The number of ether oxygens (including phenoxy) is 1. The fourth-order valence-corrected chi connectivity index (χ4v) is 2.80. The van der Waals surface area contributed by atoms with Gasteiger partial charge < -0.3 is 14.4 Å². The van der Waals surface area contributed by atoms with Crippen LogP contribution >= 0.6 is 0 Å². The van der Waals surface area contributed by atoms with Gasteiger partial charge in [-0.25, -0.2) is 4.98 Å². The molecule has 4 heteroatoms. The number of aliphatic hydroxyl groups excluding tert-OH is 1. The molecule has 4 nitrogen and oxygen atoms in total. The average Bonchev–Trinajstić information content (AvgIpc) is 2.91. The van der Waals surface area contributed by atoms with Crippen LogP contribution in [0.5, 0.6) is 5.75 Å². The molecule has 0 aliphatic rings. The van der Waals surface area contributed by atoms with Gasteiger partial charge in [0.15, 0.2) is 0 Å². The van der Waals surface area contributed by atoms with Crippen molar-refractivity contribution in [2.45, 2.75) is 18.9 Å². The van der Waals surface area contributed by atoms with Crippen molar-refractivity contribution in [3.8, 4) is 5.75 Å². The lowest BCUT2D eigenvalue weighted by atomic mass is 9.96. The molecule has 3 aromatic rings. The number of hydrogen-bond acceptors (Lipinski definition) is 3. The molecule has 0 saturated carbocycles. The van der Waals surface area contributed by atoms with Gasteiger partial charge in [0, 0.05) is 13.0 Å². The van der Waals surface area contributed by atoms with Crippen LogP contribution in [0.15, 0.2) is 48.5 Å². The summed E-state index contributed by atoms with van der Waals surface area (Å²) in [5.41, 5.74) is 2.89. The minimum atomic E-state index is -0.610. The zero-order valence-electron chi connectivity index (χ0n) is 13.0. The third-order valence-corrected chi connectivity index (χ3v) is 4.16. The van der Waals surface area contributed by atoms with Crippen molar-refractivity contribution in [3.05, 3.63) is 59.9 Å². The number of aryl methyl sites for hydroxylation is 1. The maximum atomic E-state index is 10.7. The van der Waals surface area contributed by atoms with Gasteiger partial charge in [0.05, 0.1) is 24.2 Å².